The number of carbonyl (C=O) groups is 3. The van der Waals surface area contributed by atoms with E-state index in [2.05, 4.69) is 21.6 Å². The van der Waals surface area contributed by atoms with Crippen LogP contribution in [0.15, 0.2) is 18.2 Å². The van der Waals surface area contributed by atoms with Crippen molar-refractivity contribution in [3.05, 3.63) is 34.9 Å². The second-order valence-electron chi connectivity index (χ2n) is 8.65. The summed E-state index contributed by atoms with van der Waals surface area (Å²) in [5, 5.41) is 6.05. The topological polar surface area (TPSA) is 81.8 Å². The number of hydrogen-bond acceptors (Lipinski definition) is 5. The summed E-state index contributed by atoms with van der Waals surface area (Å²) >= 11 is 0. The Balaban J connectivity index is 1.30. The van der Waals surface area contributed by atoms with Crippen LogP contribution >= 0.6 is 0 Å². The molecule has 148 valence electrons. The lowest BCUT2D eigenvalue weighted by Crippen LogP contribution is -2.69. The minimum absolute atomic E-state index is 0.0969. The highest BCUT2D eigenvalue weighted by Crippen LogP contribution is 2.34. The Morgan fingerprint density at radius 1 is 1.14 bits per heavy atom. The van der Waals surface area contributed by atoms with E-state index in [-0.39, 0.29) is 24.1 Å². The van der Waals surface area contributed by atoms with Crippen molar-refractivity contribution in [2.75, 3.05) is 19.6 Å². The fraction of sp³-hybridized carbons (Fsp3) is 0.571. The second kappa shape index (κ2) is 6.67. The molecule has 0 aliphatic carbocycles. The molecular formula is C21H26N4O3. The van der Waals surface area contributed by atoms with E-state index in [9.17, 15) is 14.4 Å². The first-order chi connectivity index (χ1) is 13.5. The summed E-state index contributed by atoms with van der Waals surface area (Å²) in [5.74, 6) is -0.707. The number of nitrogens with one attached hydrogen (secondary N) is 2. The molecular weight excluding hydrogens is 356 g/mol. The van der Waals surface area contributed by atoms with Crippen LogP contribution in [0.25, 0.3) is 0 Å². The van der Waals surface area contributed by atoms with E-state index in [1.165, 1.54) is 24.8 Å². The second-order valence-corrected chi connectivity index (χ2v) is 8.65. The van der Waals surface area contributed by atoms with Gasteiger partial charge >= 0.3 is 0 Å². The van der Waals surface area contributed by atoms with Gasteiger partial charge in [0.05, 0.1) is 0 Å². The van der Waals surface area contributed by atoms with E-state index in [1.807, 2.05) is 12.1 Å². The van der Waals surface area contributed by atoms with Crippen molar-refractivity contribution in [2.24, 2.45) is 0 Å². The summed E-state index contributed by atoms with van der Waals surface area (Å²) in [6.07, 6.45) is 4.51. The quantitative estimate of drug-likeness (QED) is 0.755. The molecule has 1 atom stereocenters. The highest BCUT2D eigenvalue weighted by molar-refractivity contribution is 6.05. The van der Waals surface area contributed by atoms with E-state index in [4.69, 9.17) is 0 Å². The third-order valence-electron chi connectivity index (χ3n) is 6.71. The van der Waals surface area contributed by atoms with Crippen molar-refractivity contribution in [1.82, 2.24) is 20.4 Å². The van der Waals surface area contributed by atoms with Gasteiger partial charge in [-0.1, -0.05) is 18.6 Å². The van der Waals surface area contributed by atoms with Crippen LogP contribution in [0.3, 0.4) is 0 Å². The summed E-state index contributed by atoms with van der Waals surface area (Å²) in [5.41, 5.74) is 3.21. The molecule has 3 saturated heterocycles. The fourth-order valence-corrected chi connectivity index (χ4v) is 5.26. The monoisotopic (exact) mass is 382 g/mol. The maximum absolute atomic E-state index is 12.9. The van der Waals surface area contributed by atoms with Gasteiger partial charge in [-0.25, -0.2) is 0 Å². The smallest absolute Gasteiger partial charge is 0.255 e. The van der Waals surface area contributed by atoms with Crippen LogP contribution in [0.1, 0.15) is 53.6 Å². The van der Waals surface area contributed by atoms with E-state index in [0.717, 1.165) is 31.7 Å². The highest BCUT2D eigenvalue weighted by atomic mass is 16.2. The lowest BCUT2D eigenvalue weighted by atomic mass is 9.81. The largest absolute Gasteiger partial charge is 0.322 e. The minimum Gasteiger partial charge on any atom is -0.322 e. The van der Waals surface area contributed by atoms with Crippen LogP contribution in [0.4, 0.5) is 0 Å². The van der Waals surface area contributed by atoms with Gasteiger partial charge in [0.2, 0.25) is 11.8 Å². The Hall–Kier alpha value is -2.25. The van der Waals surface area contributed by atoms with Crippen LogP contribution in [-0.2, 0) is 22.7 Å². The van der Waals surface area contributed by atoms with E-state index < -0.39 is 6.04 Å². The third kappa shape index (κ3) is 2.93. The Bertz CT molecular complexity index is 838. The summed E-state index contributed by atoms with van der Waals surface area (Å²) in [6, 6.07) is 5.34. The van der Waals surface area contributed by atoms with Crippen LogP contribution < -0.4 is 10.6 Å². The van der Waals surface area contributed by atoms with Crippen molar-refractivity contribution in [2.45, 2.75) is 56.8 Å². The normalized spacial score (nSPS) is 26.9. The highest BCUT2D eigenvalue weighted by Gasteiger charge is 2.44. The molecule has 7 nitrogen and oxygen atoms in total. The van der Waals surface area contributed by atoms with Crippen molar-refractivity contribution < 1.29 is 14.4 Å². The number of imide groups is 1. The van der Waals surface area contributed by atoms with Gasteiger partial charge in [0.1, 0.15) is 6.04 Å². The molecule has 0 saturated carbocycles. The molecule has 3 fully saturated rings. The molecule has 1 spiro atoms. The Kier molecular flexibility index (Phi) is 4.25. The van der Waals surface area contributed by atoms with Crippen molar-refractivity contribution in [3.8, 4) is 0 Å². The molecule has 0 aromatic heterocycles. The molecule has 4 heterocycles. The van der Waals surface area contributed by atoms with Gasteiger partial charge in [-0.2, -0.15) is 0 Å². The molecule has 28 heavy (non-hydrogen) atoms. The molecule has 5 rings (SSSR count). The number of piperidine rings is 2. The zero-order valence-electron chi connectivity index (χ0n) is 16.0. The number of nitrogens with zero attached hydrogens (tertiary/aromatic N) is 2. The fourth-order valence-electron chi connectivity index (χ4n) is 5.26. The number of carbonyl (C=O) groups excluding carboxylic acids is 3. The third-order valence-corrected chi connectivity index (χ3v) is 6.71. The molecule has 3 amide bonds. The number of rotatable bonds is 3. The zero-order valence-corrected chi connectivity index (χ0v) is 16.0. The summed E-state index contributed by atoms with van der Waals surface area (Å²) < 4.78 is 0. The maximum atomic E-state index is 12.9. The molecule has 0 radical (unpaired) electrons. The average molecular weight is 382 g/mol. The van der Waals surface area contributed by atoms with E-state index >= 15 is 0 Å². The molecule has 0 bridgehead atoms. The van der Waals surface area contributed by atoms with Gasteiger partial charge in [0, 0.05) is 43.7 Å². The number of likely N-dealkylation sites (tertiary alicyclic amines) is 1. The first-order valence-corrected chi connectivity index (χ1v) is 10.3. The number of amides is 3. The molecule has 1 aromatic carbocycles. The Morgan fingerprint density at radius 3 is 2.75 bits per heavy atom. The first-order valence-electron chi connectivity index (χ1n) is 10.3. The standard InChI is InChI=1S/C21H26N4O3/c26-18-7-6-17(19(27)23-18)25-11-16-14(4-3-5-15(16)20(25)28)10-24-12-21(13-24)8-1-2-9-22-21/h3-5,17,22H,1-2,6-13H2,(H,23,26,27). The van der Waals surface area contributed by atoms with Gasteiger partial charge in [-0.05, 0) is 43.0 Å². The van der Waals surface area contributed by atoms with Crippen LogP contribution in [0.5, 0.6) is 0 Å². The van der Waals surface area contributed by atoms with Gasteiger partial charge in [0.25, 0.3) is 5.91 Å². The van der Waals surface area contributed by atoms with Gasteiger partial charge < -0.3 is 10.2 Å². The number of fused-ring (bicyclic) bond motifs is 1. The van der Waals surface area contributed by atoms with Crippen molar-refractivity contribution in [3.63, 3.8) is 0 Å². The first kappa shape index (κ1) is 17.8. The molecule has 1 aromatic rings. The van der Waals surface area contributed by atoms with Crippen LogP contribution in [0, 0.1) is 0 Å². The Labute approximate surface area is 164 Å². The van der Waals surface area contributed by atoms with Gasteiger partial charge in [0.15, 0.2) is 0 Å². The lowest BCUT2D eigenvalue weighted by molar-refractivity contribution is -0.136. The van der Waals surface area contributed by atoms with Crippen molar-refractivity contribution in [1.29, 1.82) is 0 Å². The summed E-state index contributed by atoms with van der Waals surface area (Å²) in [6.45, 7) is 4.52. The Morgan fingerprint density at radius 2 is 2.00 bits per heavy atom. The maximum Gasteiger partial charge on any atom is 0.255 e. The minimum atomic E-state index is -0.552. The van der Waals surface area contributed by atoms with Crippen LogP contribution in [0.2, 0.25) is 0 Å². The zero-order chi connectivity index (χ0) is 19.3. The predicted molar refractivity (Wildman–Crippen MR) is 102 cm³/mol. The molecule has 2 N–H and O–H groups in total. The number of hydrogen-bond donors (Lipinski definition) is 2. The van der Waals surface area contributed by atoms with E-state index in [1.54, 1.807) is 4.90 Å². The van der Waals surface area contributed by atoms with E-state index in [0.29, 0.717) is 24.1 Å². The number of benzene rings is 1. The van der Waals surface area contributed by atoms with Gasteiger partial charge in [-0.3, -0.25) is 24.6 Å². The molecule has 4 aliphatic heterocycles. The summed E-state index contributed by atoms with van der Waals surface area (Å²) in [7, 11) is 0. The molecule has 1 unspecified atom stereocenters. The average Bonchev–Trinajstić information content (AvgIpc) is 2.99. The van der Waals surface area contributed by atoms with Gasteiger partial charge in [-0.15, -0.1) is 0 Å². The van der Waals surface area contributed by atoms with Crippen molar-refractivity contribution >= 4 is 17.7 Å². The van der Waals surface area contributed by atoms with Crippen LogP contribution in [-0.4, -0.2) is 58.7 Å². The molecule has 4 aliphatic rings. The predicted octanol–water partition coefficient (Wildman–Crippen LogP) is 0.776. The molecule has 7 heteroatoms. The lowest BCUT2D eigenvalue weighted by Gasteiger charge is -2.53. The SMILES string of the molecule is O=C1CCC(N2Cc3c(CN4CC5(CCCCN5)C4)cccc3C2=O)C(=O)N1. The summed E-state index contributed by atoms with van der Waals surface area (Å²) in [4.78, 5) is 40.7.